The van der Waals surface area contributed by atoms with Gasteiger partial charge in [0, 0.05) is 18.2 Å². The maximum Gasteiger partial charge on any atom is 0.318 e. The molecule has 0 N–H and O–H groups in total. The molecule has 1 spiro atoms. The molecule has 2 aromatic heterocycles. The summed E-state index contributed by atoms with van der Waals surface area (Å²) in [5, 5.41) is 3.74. The van der Waals surface area contributed by atoms with E-state index >= 15 is 0 Å². The van der Waals surface area contributed by atoms with Crippen LogP contribution >= 0.6 is 0 Å². The molecule has 34 heavy (non-hydrogen) atoms. The number of rotatable bonds is 1. The standard InChI is InChI=1S/C30H18N3O/c1-2-6-19(7-3-1)22-15-17-31-24(18-22)23-9-4-10-25-29(23)33(31)30-26(34-25)14-13-20-11-12-21-8-5-16-32(33)28(21)27(20)30/h1-18H/q+3. The van der Waals surface area contributed by atoms with E-state index in [4.69, 9.17) is 4.74 Å². The van der Waals surface area contributed by atoms with Gasteiger partial charge in [-0.1, -0.05) is 42.5 Å². The topological polar surface area (TPSA) is 17.0 Å². The maximum atomic E-state index is 6.58. The molecule has 0 saturated heterocycles. The summed E-state index contributed by atoms with van der Waals surface area (Å²) in [5.41, 5.74) is 8.42. The average Bonchev–Trinajstić information content (AvgIpc) is 3.38. The van der Waals surface area contributed by atoms with Gasteiger partial charge in [0.2, 0.25) is 23.9 Å². The number of para-hydroxylation sites is 1. The van der Waals surface area contributed by atoms with Gasteiger partial charge in [0.1, 0.15) is 10.9 Å². The molecule has 4 nitrogen and oxygen atoms in total. The number of benzene rings is 4. The Bertz CT molecular complexity index is 1890. The summed E-state index contributed by atoms with van der Waals surface area (Å²) < 4.78 is 11.9. The smallest absolute Gasteiger partial charge is 0.318 e. The Morgan fingerprint density at radius 3 is 2.38 bits per heavy atom. The highest BCUT2D eigenvalue weighted by Crippen LogP contribution is 2.60. The van der Waals surface area contributed by atoms with Gasteiger partial charge in [-0.25, -0.2) is 0 Å². The normalized spacial score (nSPS) is 17.8. The van der Waals surface area contributed by atoms with Crippen molar-refractivity contribution < 1.29 is 14.1 Å². The average molecular weight is 436 g/mol. The van der Waals surface area contributed by atoms with Crippen molar-refractivity contribution in [3.63, 3.8) is 0 Å². The van der Waals surface area contributed by atoms with Gasteiger partial charge in [-0.2, -0.15) is 0 Å². The minimum absolute atomic E-state index is 0.458. The van der Waals surface area contributed by atoms with E-state index in [1.807, 2.05) is 0 Å². The molecule has 156 valence electrons. The lowest BCUT2D eigenvalue weighted by Crippen LogP contribution is -2.81. The quantitative estimate of drug-likeness (QED) is 0.170. The number of hydrogen-bond donors (Lipinski definition) is 0. The second kappa shape index (κ2) is 5.50. The SMILES string of the molecule is c1ccc(-c2cc[n+]3c(c2)-c2cccc4c2[N+]32c3c(ccc5ccc6ccc[n+]2c6c35)O4)cc1. The first-order valence-electron chi connectivity index (χ1n) is 11.6. The monoisotopic (exact) mass is 436 g/mol. The van der Waals surface area contributed by atoms with Crippen molar-refractivity contribution in [3.05, 3.63) is 109 Å². The van der Waals surface area contributed by atoms with Crippen LogP contribution < -0.4 is 18.8 Å². The first kappa shape index (κ1) is 17.0. The summed E-state index contributed by atoms with van der Waals surface area (Å²) >= 11 is 0. The van der Waals surface area contributed by atoms with E-state index in [0.29, 0.717) is 4.70 Å². The van der Waals surface area contributed by atoms with Crippen LogP contribution in [0.3, 0.4) is 0 Å². The van der Waals surface area contributed by atoms with Crippen LogP contribution in [0.4, 0.5) is 11.4 Å². The Balaban J connectivity index is 1.50. The highest BCUT2D eigenvalue weighted by molar-refractivity contribution is 6.14. The minimum atomic E-state index is 0.458. The third kappa shape index (κ3) is 1.70. The van der Waals surface area contributed by atoms with Crippen LogP contribution in [0.5, 0.6) is 11.5 Å². The zero-order chi connectivity index (χ0) is 22.0. The van der Waals surface area contributed by atoms with Gasteiger partial charge in [0.25, 0.3) is 11.2 Å². The summed E-state index contributed by atoms with van der Waals surface area (Å²) in [6, 6.07) is 34.7. The van der Waals surface area contributed by atoms with Crippen molar-refractivity contribution >= 4 is 33.1 Å². The Morgan fingerprint density at radius 2 is 1.44 bits per heavy atom. The molecule has 9 rings (SSSR count). The van der Waals surface area contributed by atoms with Crippen molar-refractivity contribution in [2.24, 2.45) is 0 Å². The van der Waals surface area contributed by atoms with Crippen LogP contribution in [0.1, 0.15) is 0 Å². The van der Waals surface area contributed by atoms with Crippen molar-refractivity contribution in [2.75, 3.05) is 0 Å². The number of nitrogens with zero attached hydrogens (tertiary/aromatic N) is 3. The molecule has 0 saturated carbocycles. The number of hydrogen-bond acceptors (Lipinski definition) is 1. The Labute approximate surface area is 195 Å². The molecule has 0 aliphatic carbocycles. The second-order valence-electron chi connectivity index (χ2n) is 9.23. The fourth-order valence-corrected chi connectivity index (χ4v) is 6.35. The van der Waals surface area contributed by atoms with E-state index in [2.05, 4.69) is 119 Å². The Hall–Kier alpha value is -4.54. The number of quaternary nitrogens is 1. The van der Waals surface area contributed by atoms with E-state index in [-0.39, 0.29) is 0 Å². The van der Waals surface area contributed by atoms with E-state index in [1.54, 1.807) is 0 Å². The fourth-order valence-electron chi connectivity index (χ4n) is 6.35. The summed E-state index contributed by atoms with van der Waals surface area (Å²) in [5.74, 6) is 1.83. The number of aromatic nitrogens is 2. The zero-order valence-electron chi connectivity index (χ0n) is 18.1. The molecule has 1 unspecified atom stereocenters. The first-order valence-corrected chi connectivity index (χ1v) is 11.6. The molecule has 0 fully saturated rings. The van der Waals surface area contributed by atoms with Gasteiger partial charge in [-0.05, 0) is 52.9 Å². The summed E-state index contributed by atoms with van der Waals surface area (Å²) in [6.45, 7) is 0. The summed E-state index contributed by atoms with van der Waals surface area (Å²) in [7, 11) is 0. The molecule has 6 aromatic rings. The lowest BCUT2D eigenvalue weighted by molar-refractivity contribution is -1.02. The third-order valence-corrected chi connectivity index (χ3v) is 7.64. The van der Waals surface area contributed by atoms with Gasteiger partial charge in [0.05, 0.1) is 14.7 Å². The van der Waals surface area contributed by atoms with E-state index in [0.717, 1.165) is 11.5 Å². The predicted octanol–water partition coefficient (Wildman–Crippen LogP) is 6.20. The Morgan fingerprint density at radius 1 is 0.588 bits per heavy atom. The maximum absolute atomic E-state index is 6.58. The molecule has 1 atom stereocenters. The minimum Gasteiger partial charge on any atom is -0.444 e. The van der Waals surface area contributed by atoms with Gasteiger partial charge in [-0.3, -0.25) is 0 Å². The molecule has 0 bridgehead atoms. The highest BCUT2D eigenvalue weighted by Gasteiger charge is 2.71. The van der Waals surface area contributed by atoms with Gasteiger partial charge >= 0.3 is 11.4 Å². The van der Waals surface area contributed by atoms with Crippen molar-refractivity contribution in [3.8, 4) is 33.9 Å². The lowest BCUT2D eigenvalue weighted by atomic mass is 10.0. The summed E-state index contributed by atoms with van der Waals surface area (Å²) in [4.78, 5) is 0. The molecular weight excluding hydrogens is 418 g/mol. The molecule has 0 radical (unpaired) electrons. The van der Waals surface area contributed by atoms with Crippen LogP contribution in [0.15, 0.2) is 109 Å². The molecule has 3 aliphatic heterocycles. The third-order valence-electron chi connectivity index (χ3n) is 7.64. The molecule has 5 heterocycles. The first-order chi connectivity index (χ1) is 16.9. The summed E-state index contributed by atoms with van der Waals surface area (Å²) in [6.07, 6.45) is 4.46. The number of fused-ring (bicyclic) bond motifs is 2. The molecule has 4 aromatic carbocycles. The largest absolute Gasteiger partial charge is 0.444 e. The van der Waals surface area contributed by atoms with Crippen LogP contribution in [0.2, 0.25) is 0 Å². The molecule has 3 aliphatic rings. The van der Waals surface area contributed by atoms with Gasteiger partial charge in [0.15, 0.2) is 4.70 Å². The van der Waals surface area contributed by atoms with E-state index in [1.165, 1.54) is 55.4 Å². The van der Waals surface area contributed by atoms with E-state index < -0.39 is 0 Å². The van der Waals surface area contributed by atoms with Crippen molar-refractivity contribution in [2.45, 2.75) is 0 Å². The van der Waals surface area contributed by atoms with E-state index in [9.17, 15) is 0 Å². The lowest BCUT2D eigenvalue weighted by Gasteiger charge is -2.23. The highest BCUT2D eigenvalue weighted by atomic mass is 16.5. The van der Waals surface area contributed by atoms with Gasteiger partial charge < -0.3 is 4.74 Å². The van der Waals surface area contributed by atoms with Crippen LogP contribution in [0, 0.1) is 0 Å². The molecule has 0 amide bonds. The molecule has 4 heteroatoms. The van der Waals surface area contributed by atoms with Crippen LogP contribution in [-0.2, 0) is 0 Å². The molecular formula is C30H18N3O+3. The number of ether oxygens (including phenoxy) is 1. The fraction of sp³-hybridized carbons (Fsp3) is 0. The second-order valence-corrected chi connectivity index (χ2v) is 9.23. The van der Waals surface area contributed by atoms with Crippen molar-refractivity contribution in [1.29, 1.82) is 0 Å². The van der Waals surface area contributed by atoms with Crippen molar-refractivity contribution in [1.82, 2.24) is 4.70 Å². The van der Waals surface area contributed by atoms with Crippen LogP contribution in [0.25, 0.3) is 44.1 Å². The van der Waals surface area contributed by atoms with Crippen LogP contribution in [-0.4, -0.2) is 0 Å². The zero-order valence-corrected chi connectivity index (χ0v) is 18.1. The van der Waals surface area contributed by atoms with Gasteiger partial charge in [-0.15, -0.1) is 0 Å². The number of pyridine rings is 2. The predicted molar refractivity (Wildman–Crippen MR) is 131 cm³/mol. The Kier molecular flexibility index (Phi) is 2.75.